The summed E-state index contributed by atoms with van der Waals surface area (Å²) in [5.41, 5.74) is 3.28. The summed E-state index contributed by atoms with van der Waals surface area (Å²) in [6, 6.07) is 15.2. The van der Waals surface area contributed by atoms with Crippen LogP contribution in [0.2, 0.25) is 0 Å². The average molecular weight is 261 g/mol. The molecule has 0 bridgehead atoms. The van der Waals surface area contributed by atoms with Gasteiger partial charge in [-0.3, -0.25) is 4.79 Å². The van der Waals surface area contributed by atoms with Crippen molar-refractivity contribution in [2.75, 3.05) is 0 Å². The van der Waals surface area contributed by atoms with Crippen LogP contribution in [0.3, 0.4) is 0 Å². The van der Waals surface area contributed by atoms with Gasteiger partial charge in [0.25, 0.3) is 0 Å². The highest BCUT2D eigenvalue weighted by atomic mass is 16.1. The molecule has 2 heterocycles. The maximum Gasteiger partial charge on any atom is 0.228 e. The molecule has 20 heavy (non-hydrogen) atoms. The summed E-state index contributed by atoms with van der Waals surface area (Å²) in [6.45, 7) is 0. The van der Waals surface area contributed by atoms with Crippen molar-refractivity contribution in [3.05, 3.63) is 66.1 Å². The van der Waals surface area contributed by atoms with Crippen LogP contribution in [0.15, 0.2) is 54.7 Å². The van der Waals surface area contributed by atoms with E-state index in [1.54, 1.807) is 0 Å². The third-order valence-corrected chi connectivity index (χ3v) is 3.44. The Balaban J connectivity index is 1.89. The summed E-state index contributed by atoms with van der Waals surface area (Å²) in [6.07, 6.45) is 1.83. The standard InChI is InChI=1S/C16H11N3O/c20-15(11-4-3-7-12-10(11)8-9-17-12)16-18-13-5-1-2-6-14(13)19-16/h1-9,17H,(H,18,19). The zero-order chi connectivity index (χ0) is 13.5. The first-order valence-corrected chi connectivity index (χ1v) is 6.38. The van der Waals surface area contributed by atoms with E-state index in [1.165, 1.54) is 0 Å². The largest absolute Gasteiger partial charge is 0.361 e. The van der Waals surface area contributed by atoms with Crippen molar-refractivity contribution in [3.8, 4) is 0 Å². The minimum atomic E-state index is -0.0913. The van der Waals surface area contributed by atoms with Crippen molar-refractivity contribution in [2.24, 2.45) is 0 Å². The molecular formula is C16H11N3O. The van der Waals surface area contributed by atoms with Crippen LogP contribution in [0, 0.1) is 0 Å². The molecule has 4 rings (SSSR count). The number of benzene rings is 2. The van der Waals surface area contributed by atoms with Crippen LogP contribution in [0.5, 0.6) is 0 Å². The van der Waals surface area contributed by atoms with Crippen molar-refractivity contribution in [3.63, 3.8) is 0 Å². The third-order valence-electron chi connectivity index (χ3n) is 3.44. The van der Waals surface area contributed by atoms with Crippen LogP contribution in [-0.4, -0.2) is 20.7 Å². The van der Waals surface area contributed by atoms with Crippen molar-refractivity contribution in [1.82, 2.24) is 15.0 Å². The Hall–Kier alpha value is -2.88. The maximum absolute atomic E-state index is 12.6. The number of ketones is 1. The van der Waals surface area contributed by atoms with Gasteiger partial charge in [-0.2, -0.15) is 0 Å². The Morgan fingerprint density at radius 1 is 0.950 bits per heavy atom. The summed E-state index contributed by atoms with van der Waals surface area (Å²) >= 11 is 0. The minimum absolute atomic E-state index is 0.0913. The van der Waals surface area contributed by atoms with Crippen molar-refractivity contribution < 1.29 is 4.79 Å². The lowest BCUT2D eigenvalue weighted by molar-refractivity contribution is 0.103. The van der Waals surface area contributed by atoms with E-state index in [2.05, 4.69) is 15.0 Å². The lowest BCUT2D eigenvalue weighted by Gasteiger charge is -1.99. The van der Waals surface area contributed by atoms with Gasteiger partial charge in [0.15, 0.2) is 5.82 Å². The predicted molar refractivity (Wildman–Crippen MR) is 77.8 cm³/mol. The summed E-state index contributed by atoms with van der Waals surface area (Å²) in [7, 11) is 0. The van der Waals surface area contributed by atoms with E-state index in [0.29, 0.717) is 11.4 Å². The highest BCUT2D eigenvalue weighted by Gasteiger charge is 2.16. The van der Waals surface area contributed by atoms with E-state index in [0.717, 1.165) is 21.9 Å². The summed E-state index contributed by atoms with van der Waals surface area (Å²) < 4.78 is 0. The van der Waals surface area contributed by atoms with E-state index in [4.69, 9.17) is 0 Å². The lowest BCUT2D eigenvalue weighted by atomic mass is 10.1. The van der Waals surface area contributed by atoms with Crippen LogP contribution in [-0.2, 0) is 0 Å². The Morgan fingerprint density at radius 3 is 2.70 bits per heavy atom. The zero-order valence-electron chi connectivity index (χ0n) is 10.6. The number of rotatable bonds is 2. The molecule has 0 amide bonds. The molecule has 0 radical (unpaired) electrons. The molecule has 4 nitrogen and oxygen atoms in total. The van der Waals surface area contributed by atoms with Gasteiger partial charge < -0.3 is 9.97 Å². The van der Waals surface area contributed by atoms with Gasteiger partial charge in [-0.25, -0.2) is 4.98 Å². The molecule has 0 aliphatic carbocycles. The van der Waals surface area contributed by atoms with Crippen molar-refractivity contribution in [1.29, 1.82) is 0 Å². The summed E-state index contributed by atoms with van der Waals surface area (Å²) in [4.78, 5) is 23.2. The number of nitrogens with zero attached hydrogens (tertiary/aromatic N) is 1. The zero-order valence-corrected chi connectivity index (χ0v) is 10.6. The monoisotopic (exact) mass is 261 g/mol. The molecule has 0 atom stereocenters. The van der Waals surface area contributed by atoms with Gasteiger partial charge in [0.1, 0.15) is 0 Å². The number of hydrogen-bond acceptors (Lipinski definition) is 2. The van der Waals surface area contributed by atoms with Gasteiger partial charge >= 0.3 is 0 Å². The second kappa shape index (κ2) is 4.06. The minimum Gasteiger partial charge on any atom is -0.361 e. The summed E-state index contributed by atoms with van der Waals surface area (Å²) in [5, 5.41) is 0.915. The maximum atomic E-state index is 12.6. The number of para-hydroxylation sites is 2. The lowest BCUT2D eigenvalue weighted by Crippen LogP contribution is -2.03. The normalized spacial score (nSPS) is 11.2. The SMILES string of the molecule is O=C(c1nc2ccccc2[nH]1)c1cccc2[nH]ccc12. The first-order valence-electron chi connectivity index (χ1n) is 6.38. The van der Waals surface area contributed by atoms with Crippen molar-refractivity contribution in [2.45, 2.75) is 0 Å². The van der Waals surface area contributed by atoms with Crippen LogP contribution in [0.25, 0.3) is 21.9 Å². The molecule has 4 heteroatoms. The first-order chi connectivity index (χ1) is 9.83. The molecule has 0 saturated carbocycles. The van der Waals surface area contributed by atoms with Crippen LogP contribution in [0.1, 0.15) is 16.2 Å². The second-order valence-corrected chi connectivity index (χ2v) is 4.68. The molecule has 0 unspecified atom stereocenters. The second-order valence-electron chi connectivity index (χ2n) is 4.68. The molecule has 0 aliphatic heterocycles. The van der Waals surface area contributed by atoms with E-state index < -0.39 is 0 Å². The molecule has 2 aromatic heterocycles. The Bertz CT molecular complexity index is 900. The fourth-order valence-electron chi connectivity index (χ4n) is 2.47. The molecule has 0 saturated heterocycles. The van der Waals surface area contributed by atoms with Gasteiger partial charge in [-0.15, -0.1) is 0 Å². The van der Waals surface area contributed by atoms with Gasteiger partial charge in [0.2, 0.25) is 5.78 Å². The van der Waals surface area contributed by atoms with Gasteiger partial charge in [0, 0.05) is 22.7 Å². The quantitative estimate of drug-likeness (QED) is 0.544. The molecule has 2 N–H and O–H groups in total. The first kappa shape index (κ1) is 11.0. The fourth-order valence-corrected chi connectivity index (χ4v) is 2.47. The number of aromatic amines is 2. The topological polar surface area (TPSA) is 61.5 Å². The molecule has 0 fully saturated rings. The average Bonchev–Trinajstić information content (AvgIpc) is 3.12. The highest BCUT2D eigenvalue weighted by Crippen LogP contribution is 2.21. The Kier molecular flexibility index (Phi) is 2.23. The van der Waals surface area contributed by atoms with Gasteiger partial charge in [-0.05, 0) is 24.3 Å². The van der Waals surface area contributed by atoms with E-state index in [9.17, 15) is 4.79 Å². The van der Waals surface area contributed by atoms with Crippen LogP contribution in [0.4, 0.5) is 0 Å². The molecule has 0 spiro atoms. The van der Waals surface area contributed by atoms with E-state index in [-0.39, 0.29) is 5.78 Å². The Morgan fingerprint density at radius 2 is 1.80 bits per heavy atom. The molecule has 4 aromatic rings. The smallest absolute Gasteiger partial charge is 0.228 e. The number of fused-ring (bicyclic) bond motifs is 2. The number of carbonyl (C=O) groups is 1. The fraction of sp³-hybridized carbons (Fsp3) is 0. The number of nitrogens with one attached hydrogen (secondary N) is 2. The number of carbonyl (C=O) groups excluding carboxylic acids is 1. The third kappa shape index (κ3) is 1.55. The highest BCUT2D eigenvalue weighted by molar-refractivity contribution is 6.15. The number of imidazole rings is 1. The number of hydrogen-bond donors (Lipinski definition) is 2. The predicted octanol–water partition coefficient (Wildman–Crippen LogP) is 3.28. The molecular weight excluding hydrogens is 250 g/mol. The molecule has 96 valence electrons. The van der Waals surface area contributed by atoms with Crippen LogP contribution >= 0.6 is 0 Å². The Labute approximate surface area is 114 Å². The number of H-pyrrole nitrogens is 2. The van der Waals surface area contributed by atoms with E-state index >= 15 is 0 Å². The molecule has 2 aromatic carbocycles. The summed E-state index contributed by atoms with van der Waals surface area (Å²) in [5.74, 6) is 0.284. The number of aromatic nitrogens is 3. The van der Waals surface area contributed by atoms with Crippen molar-refractivity contribution >= 4 is 27.7 Å². The van der Waals surface area contributed by atoms with E-state index in [1.807, 2.05) is 54.7 Å². The molecule has 0 aliphatic rings. The van der Waals surface area contributed by atoms with Gasteiger partial charge in [-0.1, -0.05) is 24.3 Å². The van der Waals surface area contributed by atoms with Gasteiger partial charge in [0.05, 0.1) is 11.0 Å². The van der Waals surface area contributed by atoms with Crippen LogP contribution < -0.4 is 0 Å².